The molecular weight excluding hydrogens is 416 g/mol. The van der Waals surface area contributed by atoms with Crippen LogP contribution in [0.4, 0.5) is 10.6 Å². The summed E-state index contributed by atoms with van der Waals surface area (Å²) in [5.41, 5.74) is 2.30. The quantitative estimate of drug-likeness (QED) is 0.630. The lowest BCUT2D eigenvalue weighted by Crippen LogP contribution is -2.51. The van der Waals surface area contributed by atoms with Gasteiger partial charge in [0.25, 0.3) is 0 Å². The average Bonchev–Trinajstić information content (AvgIpc) is 2.79. The van der Waals surface area contributed by atoms with Crippen molar-refractivity contribution in [1.29, 1.82) is 0 Å². The number of hydrogen-bond acceptors (Lipinski definition) is 7. The highest BCUT2D eigenvalue weighted by Gasteiger charge is 2.26. The van der Waals surface area contributed by atoms with Crippen LogP contribution in [-0.2, 0) is 4.74 Å². The van der Waals surface area contributed by atoms with Gasteiger partial charge in [0.05, 0.1) is 11.2 Å². The average molecular weight is 449 g/mol. The van der Waals surface area contributed by atoms with Crippen molar-refractivity contribution in [3.8, 4) is 11.3 Å². The van der Waals surface area contributed by atoms with Crippen molar-refractivity contribution in [3.05, 3.63) is 48.9 Å². The second kappa shape index (κ2) is 9.70. The number of amides is 1. The highest BCUT2D eigenvalue weighted by molar-refractivity contribution is 5.98. The zero-order valence-electron chi connectivity index (χ0n) is 19.8. The Labute approximate surface area is 195 Å². The van der Waals surface area contributed by atoms with E-state index in [2.05, 4.69) is 32.1 Å². The Morgan fingerprint density at radius 3 is 2.55 bits per heavy atom. The number of carbonyl (C=O) groups excluding carboxylic acids is 1. The van der Waals surface area contributed by atoms with Crippen LogP contribution in [0.2, 0.25) is 0 Å². The SMILES string of the molecule is CC(CN1CCN(C(=O)OC(C)(C)C)CC1)Nc1ncnc2c(-c3ccccn3)cccc12. The Balaban J connectivity index is 1.39. The molecule has 0 radical (unpaired) electrons. The number of para-hydroxylation sites is 1. The van der Waals surface area contributed by atoms with Gasteiger partial charge in [0.2, 0.25) is 0 Å². The molecule has 33 heavy (non-hydrogen) atoms. The van der Waals surface area contributed by atoms with Gasteiger partial charge in [-0.15, -0.1) is 0 Å². The van der Waals surface area contributed by atoms with E-state index in [1.165, 1.54) is 0 Å². The molecule has 0 bridgehead atoms. The fraction of sp³-hybridized carbons (Fsp3) is 0.440. The molecule has 0 saturated carbocycles. The van der Waals surface area contributed by atoms with Crippen molar-refractivity contribution in [3.63, 3.8) is 0 Å². The molecule has 0 aliphatic carbocycles. The van der Waals surface area contributed by atoms with Crippen molar-refractivity contribution < 1.29 is 9.53 Å². The molecule has 1 aliphatic heterocycles. The molecule has 1 aromatic carbocycles. The second-order valence-corrected chi connectivity index (χ2v) is 9.45. The smallest absolute Gasteiger partial charge is 0.410 e. The molecule has 8 nitrogen and oxygen atoms in total. The first-order valence-corrected chi connectivity index (χ1v) is 11.4. The Kier molecular flexibility index (Phi) is 6.74. The molecule has 4 rings (SSSR count). The summed E-state index contributed by atoms with van der Waals surface area (Å²) >= 11 is 0. The van der Waals surface area contributed by atoms with Gasteiger partial charge in [-0.2, -0.15) is 0 Å². The number of hydrogen-bond donors (Lipinski definition) is 1. The number of piperazine rings is 1. The summed E-state index contributed by atoms with van der Waals surface area (Å²) < 4.78 is 5.49. The molecule has 1 amide bonds. The summed E-state index contributed by atoms with van der Waals surface area (Å²) in [7, 11) is 0. The van der Waals surface area contributed by atoms with Crippen molar-refractivity contribution in [2.24, 2.45) is 0 Å². The molecule has 1 aliphatic rings. The molecule has 1 N–H and O–H groups in total. The predicted octanol–water partition coefficient (Wildman–Crippen LogP) is 4.04. The minimum Gasteiger partial charge on any atom is -0.444 e. The highest BCUT2D eigenvalue weighted by atomic mass is 16.6. The van der Waals surface area contributed by atoms with E-state index in [-0.39, 0.29) is 12.1 Å². The third-order valence-electron chi connectivity index (χ3n) is 5.54. The molecule has 0 spiro atoms. The molecule has 1 fully saturated rings. The zero-order valence-corrected chi connectivity index (χ0v) is 19.8. The van der Waals surface area contributed by atoms with Crippen LogP contribution in [0.5, 0.6) is 0 Å². The van der Waals surface area contributed by atoms with Crippen LogP contribution < -0.4 is 5.32 Å². The first-order valence-electron chi connectivity index (χ1n) is 11.4. The topological polar surface area (TPSA) is 83.5 Å². The summed E-state index contributed by atoms with van der Waals surface area (Å²) in [4.78, 5) is 30.0. The van der Waals surface area contributed by atoms with Crippen molar-refractivity contribution >= 4 is 22.8 Å². The fourth-order valence-electron chi connectivity index (χ4n) is 4.04. The van der Waals surface area contributed by atoms with Gasteiger partial charge in [-0.25, -0.2) is 14.8 Å². The van der Waals surface area contributed by atoms with Crippen molar-refractivity contribution in [2.75, 3.05) is 38.0 Å². The molecule has 3 aromatic rings. The van der Waals surface area contributed by atoms with E-state index in [1.807, 2.05) is 57.2 Å². The maximum atomic E-state index is 12.3. The Morgan fingerprint density at radius 1 is 1.06 bits per heavy atom. The maximum absolute atomic E-state index is 12.3. The maximum Gasteiger partial charge on any atom is 0.410 e. The van der Waals surface area contributed by atoms with Crippen LogP contribution >= 0.6 is 0 Å². The number of benzene rings is 1. The summed E-state index contributed by atoms with van der Waals surface area (Å²) in [5.74, 6) is 0.817. The number of nitrogens with one attached hydrogen (secondary N) is 1. The molecule has 1 atom stereocenters. The molecule has 3 heterocycles. The summed E-state index contributed by atoms with van der Waals surface area (Å²) in [5, 5.41) is 4.53. The van der Waals surface area contributed by atoms with Gasteiger partial charge in [0.1, 0.15) is 17.7 Å². The van der Waals surface area contributed by atoms with Crippen LogP contribution in [0.3, 0.4) is 0 Å². The van der Waals surface area contributed by atoms with E-state index in [4.69, 9.17) is 4.74 Å². The number of fused-ring (bicyclic) bond motifs is 1. The summed E-state index contributed by atoms with van der Waals surface area (Å²) in [6.45, 7) is 11.7. The number of aromatic nitrogens is 3. The van der Waals surface area contributed by atoms with E-state index >= 15 is 0 Å². The number of carbonyl (C=O) groups is 1. The molecule has 2 aromatic heterocycles. The van der Waals surface area contributed by atoms with Crippen LogP contribution in [-0.4, -0.2) is 75.2 Å². The number of rotatable bonds is 5. The molecule has 1 unspecified atom stereocenters. The van der Waals surface area contributed by atoms with Crippen LogP contribution in [0.15, 0.2) is 48.9 Å². The first-order chi connectivity index (χ1) is 15.8. The predicted molar refractivity (Wildman–Crippen MR) is 130 cm³/mol. The second-order valence-electron chi connectivity index (χ2n) is 9.45. The van der Waals surface area contributed by atoms with Gasteiger partial charge in [0.15, 0.2) is 0 Å². The number of ether oxygens (including phenoxy) is 1. The van der Waals surface area contributed by atoms with Crippen molar-refractivity contribution in [1.82, 2.24) is 24.8 Å². The summed E-state index contributed by atoms with van der Waals surface area (Å²) in [6.07, 6.45) is 3.16. The van der Waals surface area contributed by atoms with Gasteiger partial charge < -0.3 is 15.0 Å². The number of pyridine rings is 1. The van der Waals surface area contributed by atoms with E-state index < -0.39 is 5.60 Å². The van der Waals surface area contributed by atoms with Gasteiger partial charge in [0, 0.05) is 55.9 Å². The lowest BCUT2D eigenvalue weighted by molar-refractivity contribution is 0.0144. The van der Waals surface area contributed by atoms with Crippen LogP contribution in [0.1, 0.15) is 27.7 Å². The minimum absolute atomic E-state index is 0.176. The van der Waals surface area contributed by atoms with Gasteiger partial charge >= 0.3 is 6.09 Å². The number of anilines is 1. The normalized spacial score (nSPS) is 15.9. The number of nitrogens with zero attached hydrogens (tertiary/aromatic N) is 5. The zero-order chi connectivity index (χ0) is 23.4. The lowest BCUT2D eigenvalue weighted by Gasteiger charge is -2.36. The van der Waals surface area contributed by atoms with Gasteiger partial charge in [-0.05, 0) is 45.9 Å². The monoisotopic (exact) mass is 448 g/mol. The molecular formula is C25H32N6O2. The standard InChI is InChI=1S/C25H32N6O2/c1-18(16-30-12-14-31(15-13-30)24(32)33-25(2,3)4)29-23-20-9-7-8-19(22(20)27-17-28-23)21-10-5-6-11-26-21/h5-11,17-18H,12-16H2,1-4H3,(H,27,28,29). The lowest BCUT2D eigenvalue weighted by atomic mass is 10.1. The van der Waals surface area contributed by atoms with E-state index in [1.54, 1.807) is 17.4 Å². The largest absolute Gasteiger partial charge is 0.444 e. The van der Waals surface area contributed by atoms with Gasteiger partial charge in [-0.1, -0.05) is 18.2 Å². The third-order valence-corrected chi connectivity index (χ3v) is 5.54. The van der Waals surface area contributed by atoms with E-state index in [0.717, 1.165) is 47.6 Å². The summed E-state index contributed by atoms with van der Waals surface area (Å²) in [6, 6.07) is 12.1. The molecule has 8 heteroatoms. The fourth-order valence-corrected chi connectivity index (χ4v) is 4.04. The molecule has 174 valence electrons. The third kappa shape index (κ3) is 5.76. The van der Waals surface area contributed by atoms with E-state index in [9.17, 15) is 4.79 Å². The Bertz CT molecular complexity index is 1090. The van der Waals surface area contributed by atoms with Gasteiger partial charge in [-0.3, -0.25) is 9.88 Å². The Hall–Kier alpha value is -3.26. The van der Waals surface area contributed by atoms with Crippen LogP contribution in [0, 0.1) is 0 Å². The minimum atomic E-state index is -0.469. The van der Waals surface area contributed by atoms with Crippen LogP contribution in [0.25, 0.3) is 22.2 Å². The van der Waals surface area contributed by atoms with E-state index in [0.29, 0.717) is 13.1 Å². The molecule has 1 saturated heterocycles. The highest BCUT2D eigenvalue weighted by Crippen LogP contribution is 2.28. The first kappa shape index (κ1) is 22.9. The Morgan fingerprint density at radius 2 is 1.85 bits per heavy atom. The van der Waals surface area contributed by atoms with Crippen molar-refractivity contribution in [2.45, 2.75) is 39.3 Å².